The predicted octanol–water partition coefficient (Wildman–Crippen LogP) is 16.0. The van der Waals surface area contributed by atoms with E-state index in [0.29, 0.717) is 0 Å². The summed E-state index contributed by atoms with van der Waals surface area (Å²) in [5.74, 6) is 0. The van der Waals surface area contributed by atoms with Crippen molar-refractivity contribution in [2.45, 2.75) is 31.6 Å². The number of hydrogen-bond acceptors (Lipinski definition) is 2. The van der Waals surface area contributed by atoms with Crippen LogP contribution in [0.5, 0.6) is 0 Å². The van der Waals surface area contributed by atoms with Gasteiger partial charge in [0.05, 0.1) is 0 Å². The Hall–Kier alpha value is -7.42. The Morgan fingerprint density at radius 3 is 1.69 bits per heavy atom. The molecule has 2 heteroatoms. The summed E-state index contributed by atoms with van der Waals surface area (Å²) < 4.78 is 6.45. The molecule has 0 spiro atoms. The molecule has 0 saturated heterocycles. The number of fused-ring (bicyclic) bond motifs is 9. The first-order valence-electron chi connectivity index (χ1n) is 21.3. The number of hydrogen-bond donors (Lipinski definition) is 0. The van der Waals surface area contributed by atoms with Crippen LogP contribution in [0.1, 0.15) is 48.6 Å². The van der Waals surface area contributed by atoms with E-state index >= 15 is 0 Å². The molecule has 10 aromatic rings. The van der Waals surface area contributed by atoms with E-state index < -0.39 is 0 Å². The van der Waals surface area contributed by atoms with Gasteiger partial charge in [0.25, 0.3) is 0 Å². The Morgan fingerprint density at radius 1 is 0.361 bits per heavy atom. The van der Waals surface area contributed by atoms with Gasteiger partial charge in [-0.2, -0.15) is 0 Å². The van der Waals surface area contributed by atoms with Gasteiger partial charge in [0, 0.05) is 44.2 Å². The lowest BCUT2D eigenvalue weighted by molar-refractivity contribution is 0.660. The van der Waals surface area contributed by atoms with Crippen LogP contribution in [0.2, 0.25) is 0 Å². The first kappa shape index (κ1) is 35.5. The lowest BCUT2D eigenvalue weighted by Gasteiger charge is -2.28. The number of benzene rings is 9. The maximum absolute atomic E-state index is 6.45. The van der Waals surface area contributed by atoms with Gasteiger partial charge in [-0.05, 0) is 122 Å². The van der Waals surface area contributed by atoms with E-state index in [1.54, 1.807) is 0 Å². The van der Waals surface area contributed by atoms with Gasteiger partial charge in [0.1, 0.15) is 11.2 Å². The van der Waals surface area contributed by atoms with Crippen molar-refractivity contribution in [3.05, 3.63) is 234 Å². The molecule has 0 bridgehead atoms. The molecular weight excluding hydrogens is 739 g/mol. The predicted molar refractivity (Wildman–Crippen MR) is 254 cm³/mol. The second kappa shape index (κ2) is 13.3. The van der Waals surface area contributed by atoms with Gasteiger partial charge in [-0.1, -0.05) is 172 Å². The van der Waals surface area contributed by atoms with Gasteiger partial charge in [-0.15, -0.1) is 0 Å². The first-order valence-corrected chi connectivity index (χ1v) is 21.3. The highest BCUT2D eigenvalue weighted by atomic mass is 16.3. The van der Waals surface area contributed by atoms with E-state index in [2.05, 4.69) is 220 Å². The van der Waals surface area contributed by atoms with Crippen molar-refractivity contribution < 1.29 is 4.42 Å². The summed E-state index contributed by atoms with van der Waals surface area (Å²) in [7, 11) is 0. The molecule has 2 aliphatic carbocycles. The molecule has 0 amide bonds. The van der Waals surface area contributed by atoms with E-state index in [1.807, 2.05) is 12.1 Å². The van der Waals surface area contributed by atoms with Crippen molar-refractivity contribution in [1.29, 1.82) is 0 Å². The van der Waals surface area contributed by atoms with Crippen molar-refractivity contribution in [1.82, 2.24) is 0 Å². The lowest BCUT2D eigenvalue weighted by Crippen LogP contribution is -2.22. The van der Waals surface area contributed by atoms with Crippen LogP contribution < -0.4 is 4.90 Å². The van der Waals surface area contributed by atoms with Gasteiger partial charge in [-0.25, -0.2) is 0 Å². The average molecular weight is 782 g/mol. The summed E-state index contributed by atoms with van der Waals surface area (Å²) in [6.07, 6.45) is 0. The van der Waals surface area contributed by atoms with Gasteiger partial charge in [-0.3, -0.25) is 0 Å². The van der Waals surface area contributed by atoms with E-state index in [-0.39, 0.29) is 10.8 Å². The average Bonchev–Trinajstić information content (AvgIpc) is 3.91. The summed E-state index contributed by atoms with van der Waals surface area (Å²) in [6, 6.07) is 75.6. The number of rotatable bonds is 6. The summed E-state index contributed by atoms with van der Waals surface area (Å²) in [5.41, 5.74) is 21.5. The van der Waals surface area contributed by atoms with Crippen molar-refractivity contribution >= 4 is 39.0 Å². The highest BCUT2D eigenvalue weighted by molar-refractivity contribution is 6.09. The highest BCUT2D eigenvalue weighted by Crippen LogP contribution is 2.54. The summed E-state index contributed by atoms with van der Waals surface area (Å²) in [6.45, 7) is 7.08. The van der Waals surface area contributed by atoms with Crippen LogP contribution in [-0.2, 0) is 10.8 Å². The van der Waals surface area contributed by atoms with Gasteiger partial charge in [0.2, 0.25) is 0 Å². The molecule has 1 heterocycles. The molecule has 0 aliphatic heterocycles. The molecule has 0 radical (unpaired) electrons. The van der Waals surface area contributed by atoms with Gasteiger partial charge in [0.15, 0.2) is 0 Å². The van der Waals surface area contributed by atoms with E-state index in [9.17, 15) is 0 Å². The van der Waals surface area contributed by atoms with Crippen LogP contribution in [0.4, 0.5) is 17.1 Å². The molecule has 9 aromatic carbocycles. The van der Waals surface area contributed by atoms with Gasteiger partial charge < -0.3 is 9.32 Å². The second-order valence-electron chi connectivity index (χ2n) is 17.4. The molecule has 0 saturated carbocycles. The van der Waals surface area contributed by atoms with Crippen LogP contribution in [0.3, 0.4) is 0 Å². The second-order valence-corrected chi connectivity index (χ2v) is 17.4. The summed E-state index contributed by atoms with van der Waals surface area (Å²) in [5, 5.41) is 2.28. The minimum atomic E-state index is -0.212. The molecule has 1 aromatic heterocycles. The molecule has 12 rings (SSSR count). The van der Waals surface area contributed by atoms with Crippen molar-refractivity contribution in [2.24, 2.45) is 0 Å². The normalized spacial score (nSPS) is 15.7. The Kier molecular flexibility index (Phi) is 7.74. The Morgan fingerprint density at radius 2 is 0.918 bits per heavy atom. The molecule has 2 nitrogen and oxygen atoms in total. The fourth-order valence-corrected chi connectivity index (χ4v) is 10.6. The fraction of sp³-hybridized carbons (Fsp3) is 0.0847. The molecule has 0 N–H and O–H groups in total. The molecule has 1 atom stereocenters. The molecule has 61 heavy (non-hydrogen) atoms. The Balaban J connectivity index is 0.954. The fourth-order valence-electron chi connectivity index (χ4n) is 10.6. The van der Waals surface area contributed by atoms with Crippen molar-refractivity contribution in [3.8, 4) is 44.5 Å². The third-order valence-electron chi connectivity index (χ3n) is 13.8. The molecule has 2 aliphatic rings. The van der Waals surface area contributed by atoms with Crippen LogP contribution in [0, 0.1) is 0 Å². The van der Waals surface area contributed by atoms with Crippen LogP contribution in [0.15, 0.2) is 211 Å². The number of anilines is 3. The smallest absolute Gasteiger partial charge is 0.143 e. The van der Waals surface area contributed by atoms with E-state index in [4.69, 9.17) is 4.42 Å². The maximum atomic E-state index is 6.45. The van der Waals surface area contributed by atoms with Crippen molar-refractivity contribution in [2.75, 3.05) is 4.90 Å². The summed E-state index contributed by atoms with van der Waals surface area (Å²) in [4.78, 5) is 2.40. The highest BCUT2D eigenvalue weighted by Gasteiger charge is 2.41. The Bertz CT molecular complexity index is 3340. The molecule has 0 fully saturated rings. The monoisotopic (exact) mass is 781 g/mol. The van der Waals surface area contributed by atoms with E-state index in [1.165, 1.54) is 61.2 Å². The zero-order chi connectivity index (χ0) is 40.9. The maximum Gasteiger partial charge on any atom is 0.143 e. The minimum Gasteiger partial charge on any atom is -0.455 e. The standard InChI is InChI=1S/C59H43NO/c1-58(2)52-21-10-7-16-46(52)48-34-33-44(37-55(48)58)60(43-31-26-39(27-32-43)45-19-13-20-50-49-18-9-12-23-56(49)61-57(45)50)42-29-24-38(25-30-42)40-28-35-54-51(36-40)47-17-8-11-22-53(47)59(54,3)41-14-5-4-6-15-41/h4-37H,1-3H3. The first-order chi connectivity index (χ1) is 29.9. The molecular formula is C59H43NO. The third-order valence-corrected chi connectivity index (χ3v) is 13.8. The largest absolute Gasteiger partial charge is 0.455 e. The number of nitrogens with zero attached hydrogens (tertiary/aromatic N) is 1. The molecule has 1 unspecified atom stereocenters. The zero-order valence-electron chi connectivity index (χ0n) is 34.5. The number of para-hydroxylation sites is 2. The molecule has 290 valence electrons. The van der Waals surface area contributed by atoms with Gasteiger partial charge >= 0.3 is 0 Å². The topological polar surface area (TPSA) is 16.4 Å². The zero-order valence-corrected chi connectivity index (χ0v) is 34.5. The summed E-state index contributed by atoms with van der Waals surface area (Å²) >= 11 is 0. The Labute approximate surface area is 357 Å². The third kappa shape index (κ3) is 5.28. The quantitative estimate of drug-likeness (QED) is 0.167. The lowest BCUT2D eigenvalue weighted by atomic mass is 9.74. The minimum absolute atomic E-state index is 0.116. The SMILES string of the molecule is CC1(C)c2ccccc2-c2ccc(N(c3ccc(-c4ccc5c(c4)-c4ccccc4C5(C)c4ccccc4)cc3)c3ccc(-c4cccc5c4oc4ccccc45)cc3)cc21. The van der Waals surface area contributed by atoms with Crippen LogP contribution in [-0.4, -0.2) is 0 Å². The van der Waals surface area contributed by atoms with Crippen LogP contribution >= 0.6 is 0 Å². The van der Waals surface area contributed by atoms with Crippen LogP contribution in [0.25, 0.3) is 66.4 Å². The van der Waals surface area contributed by atoms with E-state index in [0.717, 1.165) is 50.1 Å². The van der Waals surface area contributed by atoms with Crippen molar-refractivity contribution in [3.63, 3.8) is 0 Å². The number of furan rings is 1.